The van der Waals surface area contributed by atoms with E-state index in [-0.39, 0.29) is 11.6 Å². The van der Waals surface area contributed by atoms with Gasteiger partial charge in [0.2, 0.25) is 0 Å². The number of pyridine rings is 1. The Morgan fingerprint density at radius 1 is 1.07 bits per heavy atom. The van der Waals surface area contributed by atoms with Crippen LogP contribution in [-0.2, 0) is 0 Å². The minimum atomic E-state index is -0.447. The number of nitro groups is 1. The molecule has 7 nitrogen and oxygen atoms in total. The summed E-state index contributed by atoms with van der Waals surface area (Å²) < 4.78 is 5.60. The first kappa shape index (κ1) is 16.7. The SMILES string of the molecule is O=C(c1cncc(-c2ccc([N+](=O)[O-])cc2)c1)N1CCOc2ccccc21. The zero-order valence-corrected chi connectivity index (χ0v) is 14.2. The summed E-state index contributed by atoms with van der Waals surface area (Å²) >= 11 is 0. The number of non-ortho nitro benzene ring substituents is 1. The number of hydrogen-bond acceptors (Lipinski definition) is 5. The summed E-state index contributed by atoms with van der Waals surface area (Å²) in [7, 11) is 0. The van der Waals surface area contributed by atoms with E-state index in [0.29, 0.717) is 24.5 Å². The monoisotopic (exact) mass is 361 g/mol. The molecule has 1 aliphatic rings. The summed E-state index contributed by atoms with van der Waals surface area (Å²) in [6, 6.07) is 15.3. The molecule has 0 N–H and O–H groups in total. The van der Waals surface area contributed by atoms with E-state index in [1.165, 1.54) is 18.3 Å². The van der Waals surface area contributed by atoms with Gasteiger partial charge < -0.3 is 9.64 Å². The van der Waals surface area contributed by atoms with Crippen molar-refractivity contribution in [1.82, 2.24) is 4.98 Å². The van der Waals surface area contributed by atoms with Gasteiger partial charge in [0.25, 0.3) is 11.6 Å². The molecule has 0 spiro atoms. The number of benzene rings is 2. The average molecular weight is 361 g/mol. The van der Waals surface area contributed by atoms with E-state index in [9.17, 15) is 14.9 Å². The molecule has 3 aromatic rings. The Kier molecular flexibility index (Phi) is 4.25. The molecule has 0 saturated heterocycles. The highest BCUT2D eigenvalue weighted by molar-refractivity contribution is 6.07. The molecule has 0 bridgehead atoms. The van der Waals surface area contributed by atoms with Crippen molar-refractivity contribution in [1.29, 1.82) is 0 Å². The molecule has 134 valence electrons. The lowest BCUT2D eigenvalue weighted by Gasteiger charge is -2.29. The van der Waals surface area contributed by atoms with E-state index in [2.05, 4.69) is 4.98 Å². The van der Waals surface area contributed by atoms with Gasteiger partial charge in [-0.05, 0) is 35.9 Å². The highest BCUT2D eigenvalue weighted by Gasteiger charge is 2.24. The number of carbonyl (C=O) groups is 1. The van der Waals surface area contributed by atoms with Crippen molar-refractivity contribution in [2.75, 3.05) is 18.1 Å². The van der Waals surface area contributed by atoms with Gasteiger partial charge in [0.05, 0.1) is 22.7 Å². The molecule has 0 atom stereocenters. The standard InChI is InChI=1S/C20H15N3O4/c24-20(22-9-10-27-19-4-2-1-3-18(19)22)16-11-15(12-21-13-16)14-5-7-17(8-6-14)23(25)26/h1-8,11-13H,9-10H2. The average Bonchev–Trinajstić information content (AvgIpc) is 2.73. The van der Waals surface area contributed by atoms with Crippen molar-refractivity contribution in [2.45, 2.75) is 0 Å². The van der Waals surface area contributed by atoms with Crippen LogP contribution in [0.1, 0.15) is 10.4 Å². The molecule has 7 heteroatoms. The summed E-state index contributed by atoms with van der Waals surface area (Å²) in [6.45, 7) is 0.885. The zero-order chi connectivity index (χ0) is 18.8. The van der Waals surface area contributed by atoms with Crippen LogP contribution in [0.3, 0.4) is 0 Å². The molecule has 0 fully saturated rings. The molecule has 1 aliphatic heterocycles. The number of anilines is 1. The lowest BCUT2D eigenvalue weighted by Crippen LogP contribution is -2.38. The normalized spacial score (nSPS) is 12.8. The predicted octanol–water partition coefficient (Wildman–Crippen LogP) is 3.70. The van der Waals surface area contributed by atoms with Crippen LogP contribution in [0.4, 0.5) is 11.4 Å². The predicted molar refractivity (Wildman–Crippen MR) is 99.9 cm³/mol. The van der Waals surface area contributed by atoms with E-state index in [1.807, 2.05) is 24.3 Å². The van der Waals surface area contributed by atoms with Gasteiger partial charge in [-0.2, -0.15) is 0 Å². The number of amides is 1. The first-order chi connectivity index (χ1) is 13.1. The number of nitrogens with zero attached hydrogens (tertiary/aromatic N) is 3. The minimum Gasteiger partial charge on any atom is -0.490 e. The highest BCUT2D eigenvalue weighted by Crippen LogP contribution is 2.32. The van der Waals surface area contributed by atoms with Gasteiger partial charge in [0, 0.05) is 30.1 Å². The summed E-state index contributed by atoms with van der Waals surface area (Å²) in [5.74, 6) is 0.513. The Balaban J connectivity index is 1.65. The zero-order valence-electron chi connectivity index (χ0n) is 14.2. The maximum atomic E-state index is 13.0. The first-order valence-corrected chi connectivity index (χ1v) is 8.37. The molecule has 0 unspecified atom stereocenters. The summed E-state index contributed by atoms with van der Waals surface area (Å²) in [5, 5.41) is 10.8. The van der Waals surface area contributed by atoms with Gasteiger partial charge in [0.1, 0.15) is 12.4 Å². The maximum Gasteiger partial charge on any atom is 0.269 e. The second-order valence-corrected chi connectivity index (χ2v) is 6.04. The number of para-hydroxylation sites is 2. The third-order valence-corrected chi connectivity index (χ3v) is 4.37. The summed E-state index contributed by atoms with van der Waals surface area (Å²) in [5.41, 5.74) is 2.67. The van der Waals surface area contributed by atoms with Crippen LogP contribution < -0.4 is 9.64 Å². The van der Waals surface area contributed by atoms with Crippen LogP contribution in [0.25, 0.3) is 11.1 Å². The Morgan fingerprint density at radius 3 is 2.63 bits per heavy atom. The van der Waals surface area contributed by atoms with E-state index in [1.54, 1.807) is 29.3 Å². The van der Waals surface area contributed by atoms with Crippen molar-refractivity contribution < 1.29 is 14.5 Å². The smallest absolute Gasteiger partial charge is 0.269 e. The van der Waals surface area contributed by atoms with E-state index < -0.39 is 4.92 Å². The van der Waals surface area contributed by atoms with Gasteiger partial charge in [-0.25, -0.2) is 0 Å². The molecular formula is C20H15N3O4. The minimum absolute atomic E-state index is 0.0175. The largest absolute Gasteiger partial charge is 0.490 e. The fraction of sp³-hybridized carbons (Fsp3) is 0.100. The van der Waals surface area contributed by atoms with Crippen LogP contribution in [-0.4, -0.2) is 29.0 Å². The quantitative estimate of drug-likeness (QED) is 0.524. The van der Waals surface area contributed by atoms with Crippen molar-refractivity contribution in [2.24, 2.45) is 0 Å². The lowest BCUT2D eigenvalue weighted by molar-refractivity contribution is -0.384. The molecule has 1 amide bonds. The van der Waals surface area contributed by atoms with E-state index >= 15 is 0 Å². The van der Waals surface area contributed by atoms with Gasteiger partial charge in [0.15, 0.2) is 0 Å². The number of carbonyl (C=O) groups excluding carboxylic acids is 1. The molecular weight excluding hydrogens is 346 g/mol. The molecule has 0 radical (unpaired) electrons. The van der Waals surface area contributed by atoms with Gasteiger partial charge in [-0.1, -0.05) is 12.1 Å². The van der Waals surface area contributed by atoms with Crippen molar-refractivity contribution >= 4 is 17.3 Å². The van der Waals surface area contributed by atoms with Crippen molar-refractivity contribution in [3.63, 3.8) is 0 Å². The Morgan fingerprint density at radius 2 is 1.85 bits per heavy atom. The number of ether oxygens (including phenoxy) is 1. The molecule has 4 rings (SSSR count). The summed E-state index contributed by atoms with van der Waals surface area (Å²) in [4.78, 5) is 29.2. The fourth-order valence-electron chi connectivity index (χ4n) is 3.03. The Bertz CT molecular complexity index is 1020. The van der Waals surface area contributed by atoms with Gasteiger partial charge >= 0.3 is 0 Å². The molecule has 0 aliphatic carbocycles. The molecule has 1 aromatic heterocycles. The number of hydrogen-bond donors (Lipinski definition) is 0. The van der Waals surface area contributed by atoms with E-state index in [4.69, 9.17) is 4.74 Å². The topological polar surface area (TPSA) is 85.6 Å². The van der Waals surface area contributed by atoms with Crippen LogP contribution in [0.2, 0.25) is 0 Å². The Labute approximate surface area is 155 Å². The van der Waals surface area contributed by atoms with Crippen LogP contribution >= 0.6 is 0 Å². The Hall–Kier alpha value is -3.74. The van der Waals surface area contributed by atoms with Crippen LogP contribution in [0.15, 0.2) is 67.0 Å². The number of aromatic nitrogens is 1. The van der Waals surface area contributed by atoms with Crippen molar-refractivity contribution in [3.05, 3.63) is 82.7 Å². The van der Waals surface area contributed by atoms with E-state index in [0.717, 1.165) is 16.8 Å². The van der Waals surface area contributed by atoms with Crippen molar-refractivity contribution in [3.8, 4) is 16.9 Å². The molecule has 0 saturated carbocycles. The second kappa shape index (κ2) is 6.87. The number of fused-ring (bicyclic) bond motifs is 1. The lowest BCUT2D eigenvalue weighted by atomic mass is 10.0. The third kappa shape index (κ3) is 3.22. The van der Waals surface area contributed by atoms with Gasteiger partial charge in [-0.3, -0.25) is 19.9 Å². The second-order valence-electron chi connectivity index (χ2n) is 6.04. The fourth-order valence-corrected chi connectivity index (χ4v) is 3.03. The number of nitro benzene ring substituents is 1. The maximum absolute atomic E-state index is 13.0. The number of rotatable bonds is 3. The van der Waals surface area contributed by atoms with Gasteiger partial charge in [-0.15, -0.1) is 0 Å². The first-order valence-electron chi connectivity index (χ1n) is 8.37. The van der Waals surface area contributed by atoms with Crippen LogP contribution in [0.5, 0.6) is 5.75 Å². The summed E-state index contributed by atoms with van der Waals surface area (Å²) in [6.07, 6.45) is 3.15. The highest BCUT2D eigenvalue weighted by atomic mass is 16.6. The molecule has 2 heterocycles. The third-order valence-electron chi connectivity index (χ3n) is 4.37. The molecule has 2 aromatic carbocycles. The molecule has 27 heavy (non-hydrogen) atoms. The van der Waals surface area contributed by atoms with Crippen LogP contribution in [0, 0.1) is 10.1 Å².